The molecule has 1 atom stereocenters. The van der Waals surface area contributed by atoms with Crippen LogP contribution in [-0.2, 0) is 19.1 Å². The van der Waals surface area contributed by atoms with Gasteiger partial charge in [-0.2, -0.15) is 0 Å². The molecule has 5 nitrogen and oxygen atoms in total. The van der Waals surface area contributed by atoms with Crippen molar-refractivity contribution in [3.05, 3.63) is 24.8 Å². The summed E-state index contributed by atoms with van der Waals surface area (Å²) in [5, 5.41) is 9.79. The number of rotatable bonds is 7. The van der Waals surface area contributed by atoms with Gasteiger partial charge in [0.15, 0.2) is 0 Å². The van der Waals surface area contributed by atoms with Gasteiger partial charge in [-0.1, -0.05) is 13.2 Å². The molecule has 0 aromatic heterocycles. The molecule has 0 rings (SSSR count). The second kappa shape index (κ2) is 6.85. The Hall–Kier alpha value is -1.62. The summed E-state index contributed by atoms with van der Waals surface area (Å²) in [4.78, 5) is 21.8. The van der Waals surface area contributed by atoms with Crippen LogP contribution in [0.2, 0.25) is 0 Å². The molecule has 0 aromatic rings. The molecule has 0 aliphatic carbocycles. The Labute approximate surface area is 101 Å². The minimum atomic E-state index is -1.24. The predicted octanol–water partition coefficient (Wildman–Crippen LogP) is 0.976. The average Bonchev–Trinajstić information content (AvgIpc) is 2.25. The summed E-state index contributed by atoms with van der Waals surface area (Å²) in [6.45, 7) is 9.53. The van der Waals surface area contributed by atoms with Gasteiger partial charge in [0.2, 0.25) is 0 Å². The van der Waals surface area contributed by atoms with Crippen molar-refractivity contribution < 1.29 is 24.2 Å². The molecule has 0 bridgehead atoms. The van der Waals surface area contributed by atoms with E-state index in [2.05, 4.69) is 13.2 Å². The highest BCUT2D eigenvalue weighted by Crippen LogP contribution is 2.10. The van der Waals surface area contributed by atoms with Crippen LogP contribution in [0.5, 0.6) is 0 Å². The van der Waals surface area contributed by atoms with Crippen molar-refractivity contribution >= 4 is 11.9 Å². The number of aliphatic hydroxyl groups is 1. The molecule has 0 saturated heterocycles. The number of carbonyl (C=O) groups excluding carboxylic acids is 2. The maximum Gasteiger partial charge on any atom is 0.333 e. The average molecular weight is 242 g/mol. The van der Waals surface area contributed by atoms with E-state index in [9.17, 15) is 14.7 Å². The van der Waals surface area contributed by atoms with Crippen LogP contribution < -0.4 is 0 Å². The number of esters is 2. The van der Waals surface area contributed by atoms with Gasteiger partial charge in [0.25, 0.3) is 0 Å². The van der Waals surface area contributed by atoms with Crippen LogP contribution in [0, 0.1) is 0 Å². The van der Waals surface area contributed by atoms with E-state index in [1.54, 1.807) is 0 Å². The van der Waals surface area contributed by atoms with Gasteiger partial charge < -0.3 is 14.6 Å². The van der Waals surface area contributed by atoms with Crippen LogP contribution in [0.15, 0.2) is 24.8 Å². The first kappa shape index (κ1) is 15.4. The summed E-state index contributed by atoms with van der Waals surface area (Å²) in [7, 11) is 0. The SMILES string of the molecule is C=CC(=O)OCC(C)(O)CCOC(=O)C(=C)C. The quantitative estimate of drug-likeness (QED) is 0.532. The van der Waals surface area contributed by atoms with Crippen molar-refractivity contribution in [1.82, 2.24) is 0 Å². The molecule has 1 N–H and O–H groups in total. The molecule has 0 aromatic carbocycles. The molecular weight excluding hydrogens is 224 g/mol. The Morgan fingerprint density at radius 3 is 2.47 bits per heavy atom. The summed E-state index contributed by atoms with van der Waals surface area (Å²) in [6, 6.07) is 0. The highest BCUT2D eigenvalue weighted by molar-refractivity contribution is 5.86. The van der Waals surface area contributed by atoms with Crippen molar-refractivity contribution in [1.29, 1.82) is 0 Å². The first-order valence-electron chi connectivity index (χ1n) is 5.13. The molecule has 17 heavy (non-hydrogen) atoms. The maximum atomic E-state index is 11.0. The lowest BCUT2D eigenvalue weighted by Gasteiger charge is -2.22. The van der Waals surface area contributed by atoms with Gasteiger partial charge in [-0.15, -0.1) is 0 Å². The van der Waals surface area contributed by atoms with Crippen LogP contribution in [0.3, 0.4) is 0 Å². The third-order valence-electron chi connectivity index (χ3n) is 1.91. The zero-order valence-corrected chi connectivity index (χ0v) is 10.2. The number of hydrogen-bond donors (Lipinski definition) is 1. The number of hydrogen-bond acceptors (Lipinski definition) is 5. The Kier molecular flexibility index (Phi) is 6.20. The Balaban J connectivity index is 3.93. The van der Waals surface area contributed by atoms with Crippen LogP contribution in [-0.4, -0.2) is 35.9 Å². The molecule has 0 heterocycles. The fourth-order valence-corrected chi connectivity index (χ4v) is 0.845. The van der Waals surface area contributed by atoms with Crippen molar-refractivity contribution in [2.45, 2.75) is 25.9 Å². The summed E-state index contributed by atoms with van der Waals surface area (Å²) in [5.41, 5.74) is -0.948. The third kappa shape index (κ3) is 7.30. The van der Waals surface area contributed by atoms with Crippen molar-refractivity contribution in [3.63, 3.8) is 0 Å². The van der Waals surface area contributed by atoms with Gasteiger partial charge in [-0.25, -0.2) is 9.59 Å². The monoisotopic (exact) mass is 242 g/mol. The molecule has 0 aliphatic heterocycles. The molecular formula is C12H18O5. The maximum absolute atomic E-state index is 11.0. The van der Waals surface area contributed by atoms with Gasteiger partial charge in [0.05, 0.1) is 12.2 Å². The first-order chi connectivity index (χ1) is 7.78. The topological polar surface area (TPSA) is 72.8 Å². The molecule has 0 radical (unpaired) electrons. The molecule has 5 heteroatoms. The second-order valence-electron chi connectivity index (χ2n) is 3.98. The second-order valence-corrected chi connectivity index (χ2v) is 3.98. The van der Waals surface area contributed by atoms with E-state index < -0.39 is 17.5 Å². The van der Waals surface area contributed by atoms with Gasteiger partial charge >= 0.3 is 11.9 Å². The lowest BCUT2D eigenvalue weighted by Crippen LogP contribution is -2.33. The van der Waals surface area contributed by atoms with E-state index in [0.29, 0.717) is 5.57 Å². The van der Waals surface area contributed by atoms with E-state index >= 15 is 0 Å². The van der Waals surface area contributed by atoms with Crippen molar-refractivity contribution in [2.75, 3.05) is 13.2 Å². The third-order valence-corrected chi connectivity index (χ3v) is 1.91. The van der Waals surface area contributed by atoms with Crippen LogP contribution in [0.4, 0.5) is 0 Å². The fourth-order valence-electron chi connectivity index (χ4n) is 0.845. The summed E-state index contributed by atoms with van der Waals surface area (Å²) < 4.78 is 9.51. The van der Waals surface area contributed by atoms with Gasteiger partial charge in [-0.3, -0.25) is 0 Å². The zero-order valence-electron chi connectivity index (χ0n) is 10.2. The standard InChI is InChI=1S/C12H18O5/c1-5-10(13)17-8-12(4,15)6-7-16-11(14)9(2)3/h5,15H,1-2,6-8H2,3-4H3. The molecule has 1 unspecified atom stereocenters. The Bertz CT molecular complexity index is 317. The van der Waals surface area contributed by atoms with Gasteiger partial charge in [-0.05, 0) is 13.8 Å². The van der Waals surface area contributed by atoms with Crippen molar-refractivity contribution in [2.24, 2.45) is 0 Å². The first-order valence-corrected chi connectivity index (χ1v) is 5.13. The van der Waals surface area contributed by atoms with E-state index in [4.69, 9.17) is 9.47 Å². The van der Waals surface area contributed by atoms with E-state index in [0.717, 1.165) is 6.08 Å². The van der Waals surface area contributed by atoms with Gasteiger partial charge in [0, 0.05) is 18.1 Å². The number of carbonyl (C=O) groups is 2. The largest absolute Gasteiger partial charge is 0.462 e. The molecule has 0 aliphatic rings. The molecule has 0 fully saturated rings. The van der Waals surface area contributed by atoms with E-state index in [-0.39, 0.29) is 19.6 Å². The van der Waals surface area contributed by atoms with E-state index in [1.807, 2.05) is 0 Å². The minimum absolute atomic E-state index is 0.0321. The summed E-state index contributed by atoms with van der Waals surface area (Å²) >= 11 is 0. The van der Waals surface area contributed by atoms with Crippen LogP contribution >= 0.6 is 0 Å². The lowest BCUT2D eigenvalue weighted by atomic mass is 10.1. The summed E-state index contributed by atoms with van der Waals surface area (Å²) in [6.07, 6.45) is 1.17. The molecule has 0 saturated carbocycles. The molecule has 0 amide bonds. The Morgan fingerprint density at radius 1 is 1.41 bits per heavy atom. The number of ether oxygens (including phenoxy) is 2. The minimum Gasteiger partial charge on any atom is -0.462 e. The molecule has 0 spiro atoms. The predicted molar refractivity (Wildman–Crippen MR) is 62.2 cm³/mol. The Morgan fingerprint density at radius 2 is 2.00 bits per heavy atom. The van der Waals surface area contributed by atoms with Crippen molar-refractivity contribution in [3.8, 4) is 0 Å². The lowest BCUT2D eigenvalue weighted by molar-refractivity contribution is -0.148. The smallest absolute Gasteiger partial charge is 0.333 e. The zero-order chi connectivity index (χ0) is 13.5. The normalized spacial score (nSPS) is 13.4. The van der Waals surface area contributed by atoms with Crippen LogP contribution in [0.1, 0.15) is 20.3 Å². The van der Waals surface area contributed by atoms with E-state index in [1.165, 1.54) is 13.8 Å². The molecule has 96 valence electrons. The van der Waals surface area contributed by atoms with Crippen LogP contribution in [0.25, 0.3) is 0 Å². The fraction of sp³-hybridized carbons (Fsp3) is 0.500. The van der Waals surface area contributed by atoms with Gasteiger partial charge in [0.1, 0.15) is 6.61 Å². The highest BCUT2D eigenvalue weighted by Gasteiger charge is 2.22. The highest BCUT2D eigenvalue weighted by atomic mass is 16.5. The summed E-state index contributed by atoms with van der Waals surface area (Å²) in [5.74, 6) is -1.12.